The van der Waals surface area contributed by atoms with Gasteiger partial charge in [-0.05, 0) is 31.2 Å². The molecule has 2 aliphatic rings. The van der Waals surface area contributed by atoms with Gasteiger partial charge < -0.3 is 14.3 Å². The van der Waals surface area contributed by atoms with Gasteiger partial charge in [-0.25, -0.2) is 9.97 Å². The fourth-order valence-electron chi connectivity index (χ4n) is 4.51. The van der Waals surface area contributed by atoms with Crippen LogP contribution in [-0.4, -0.2) is 37.3 Å². The molecule has 4 heterocycles. The first kappa shape index (κ1) is 16.5. The number of nitrogens with zero attached hydrogens (tertiary/aromatic N) is 4. The standard InChI is InChI=1S/C22H19N5O2/c1-13-19(29-12-26-13)21(28)27-10-22(6-7-22)20-17(24-11-25-20)18(27)16-8-14-4-2-3-5-15(14)9-23-16/h2-5,8-9,11-12,18H,6-7,10H2,1H3,(H,24,25)/t18-/m1/s1. The molecule has 4 aromatic rings. The molecule has 1 aliphatic heterocycles. The van der Waals surface area contributed by atoms with E-state index in [0.717, 1.165) is 40.7 Å². The lowest BCUT2D eigenvalue weighted by Gasteiger charge is -2.38. The molecule has 1 atom stereocenters. The molecule has 0 radical (unpaired) electrons. The SMILES string of the molecule is Cc1ncoc1C(=O)N1CC2(CC2)c2nc[nH]c2[C@H]1c1cc2ccccc2cn1. The van der Waals surface area contributed by atoms with Crippen molar-refractivity contribution in [1.82, 2.24) is 24.8 Å². The molecule has 1 spiro atoms. The number of imidazole rings is 1. The number of H-pyrrole nitrogens is 1. The average molecular weight is 385 g/mol. The molecule has 1 aliphatic carbocycles. The molecule has 7 nitrogen and oxygen atoms in total. The maximum absolute atomic E-state index is 13.5. The summed E-state index contributed by atoms with van der Waals surface area (Å²) in [6.45, 7) is 2.39. The third-order valence-electron chi connectivity index (χ3n) is 6.22. The van der Waals surface area contributed by atoms with E-state index in [2.05, 4.69) is 27.1 Å². The molecule has 3 aromatic heterocycles. The zero-order chi connectivity index (χ0) is 19.6. The molecule has 144 valence electrons. The second kappa shape index (κ2) is 5.76. The smallest absolute Gasteiger partial charge is 0.292 e. The summed E-state index contributed by atoms with van der Waals surface area (Å²) >= 11 is 0. The number of benzene rings is 1. The summed E-state index contributed by atoms with van der Waals surface area (Å²) in [5, 5.41) is 2.16. The Morgan fingerprint density at radius 1 is 1.21 bits per heavy atom. The van der Waals surface area contributed by atoms with E-state index in [4.69, 9.17) is 9.40 Å². The van der Waals surface area contributed by atoms with Crippen molar-refractivity contribution in [2.75, 3.05) is 6.54 Å². The van der Waals surface area contributed by atoms with Crippen LogP contribution in [0.2, 0.25) is 0 Å². The summed E-state index contributed by atoms with van der Waals surface area (Å²) in [6, 6.07) is 9.82. The Labute approximate surface area is 166 Å². The Bertz CT molecular complexity index is 1250. The largest absolute Gasteiger partial charge is 0.438 e. The maximum atomic E-state index is 13.5. The van der Waals surface area contributed by atoms with Crippen molar-refractivity contribution in [2.24, 2.45) is 0 Å². The summed E-state index contributed by atoms with van der Waals surface area (Å²) in [6.07, 6.45) is 6.98. The van der Waals surface area contributed by atoms with E-state index in [1.54, 1.807) is 13.3 Å². The van der Waals surface area contributed by atoms with Gasteiger partial charge in [0, 0.05) is 23.5 Å². The Morgan fingerprint density at radius 3 is 2.79 bits per heavy atom. The minimum absolute atomic E-state index is 0.0632. The highest BCUT2D eigenvalue weighted by Gasteiger charge is 2.55. The number of pyridine rings is 1. The van der Waals surface area contributed by atoms with Crippen LogP contribution >= 0.6 is 0 Å². The summed E-state index contributed by atoms with van der Waals surface area (Å²) in [7, 11) is 0. The van der Waals surface area contributed by atoms with Gasteiger partial charge in [-0.1, -0.05) is 24.3 Å². The van der Waals surface area contributed by atoms with Gasteiger partial charge in [0.2, 0.25) is 5.76 Å². The summed E-state index contributed by atoms with van der Waals surface area (Å²) in [5.41, 5.74) is 3.36. The van der Waals surface area contributed by atoms with Crippen molar-refractivity contribution < 1.29 is 9.21 Å². The number of rotatable bonds is 2. The van der Waals surface area contributed by atoms with E-state index < -0.39 is 0 Å². The number of hydrogen-bond donors (Lipinski definition) is 1. The molecule has 7 heteroatoms. The molecule has 1 fully saturated rings. The molecule has 0 saturated heterocycles. The van der Waals surface area contributed by atoms with Gasteiger partial charge in [-0.15, -0.1) is 0 Å². The zero-order valence-corrected chi connectivity index (χ0v) is 15.9. The summed E-state index contributed by atoms with van der Waals surface area (Å²) in [4.78, 5) is 32.1. The van der Waals surface area contributed by atoms with Gasteiger partial charge >= 0.3 is 0 Å². The average Bonchev–Trinajstić information content (AvgIpc) is 3.13. The van der Waals surface area contributed by atoms with E-state index in [9.17, 15) is 4.79 Å². The number of fused-ring (bicyclic) bond motifs is 3. The quantitative estimate of drug-likeness (QED) is 0.570. The van der Waals surface area contributed by atoms with Gasteiger partial charge in [-0.2, -0.15) is 0 Å². The van der Waals surface area contributed by atoms with Gasteiger partial charge in [0.15, 0.2) is 6.39 Å². The van der Waals surface area contributed by atoms with Crippen LogP contribution in [0.25, 0.3) is 10.8 Å². The Kier molecular flexibility index (Phi) is 3.27. The van der Waals surface area contributed by atoms with Gasteiger partial charge in [0.1, 0.15) is 6.04 Å². The fourth-order valence-corrected chi connectivity index (χ4v) is 4.51. The van der Waals surface area contributed by atoms with Crippen LogP contribution in [0.1, 0.15) is 52.2 Å². The molecule has 6 rings (SSSR count). The van der Waals surface area contributed by atoms with Crippen molar-refractivity contribution in [3.63, 3.8) is 0 Å². The highest BCUT2D eigenvalue weighted by atomic mass is 16.3. The van der Waals surface area contributed by atoms with E-state index in [0.29, 0.717) is 12.2 Å². The van der Waals surface area contributed by atoms with Gasteiger partial charge in [0.25, 0.3) is 5.91 Å². The first-order valence-electron chi connectivity index (χ1n) is 9.76. The van der Waals surface area contributed by atoms with Crippen molar-refractivity contribution in [1.29, 1.82) is 0 Å². The minimum Gasteiger partial charge on any atom is -0.438 e. The Hall–Kier alpha value is -3.48. The van der Waals surface area contributed by atoms with Crippen molar-refractivity contribution in [3.05, 3.63) is 77.8 Å². The highest BCUT2D eigenvalue weighted by Crippen LogP contribution is 2.54. The fraction of sp³-hybridized carbons (Fsp3) is 0.273. The van der Waals surface area contributed by atoms with Crippen molar-refractivity contribution >= 4 is 16.7 Å². The monoisotopic (exact) mass is 385 g/mol. The van der Waals surface area contributed by atoms with Crippen LogP contribution in [0.15, 0.2) is 53.7 Å². The lowest BCUT2D eigenvalue weighted by Crippen LogP contribution is -2.46. The molecule has 1 aromatic carbocycles. The van der Waals surface area contributed by atoms with Crippen LogP contribution in [0, 0.1) is 6.92 Å². The number of hydrogen-bond acceptors (Lipinski definition) is 5. The number of nitrogens with one attached hydrogen (secondary N) is 1. The number of carbonyl (C=O) groups is 1. The number of aromatic nitrogens is 4. The third-order valence-corrected chi connectivity index (χ3v) is 6.22. The topological polar surface area (TPSA) is 87.9 Å². The lowest BCUT2D eigenvalue weighted by molar-refractivity contribution is 0.0621. The molecule has 0 unspecified atom stereocenters. The third kappa shape index (κ3) is 2.36. The van der Waals surface area contributed by atoms with Crippen LogP contribution in [0.4, 0.5) is 0 Å². The first-order chi connectivity index (χ1) is 14.2. The van der Waals surface area contributed by atoms with Crippen LogP contribution in [0.5, 0.6) is 0 Å². The minimum atomic E-state index is -0.347. The lowest BCUT2D eigenvalue weighted by atomic mass is 9.88. The van der Waals surface area contributed by atoms with Crippen LogP contribution < -0.4 is 0 Å². The molecule has 1 N–H and O–H groups in total. The van der Waals surface area contributed by atoms with E-state index in [-0.39, 0.29) is 23.1 Å². The van der Waals surface area contributed by atoms with E-state index in [1.165, 1.54) is 6.39 Å². The van der Waals surface area contributed by atoms with Gasteiger partial charge in [0.05, 0.1) is 29.1 Å². The summed E-state index contributed by atoms with van der Waals surface area (Å²) in [5.74, 6) is 0.126. The zero-order valence-electron chi connectivity index (χ0n) is 15.9. The maximum Gasteiger partial charge on any atom is 0.292 e. The van der Waals surface area contributed by atoms with Crippen LogP contribution in [0.3, 0.4) is 0 Å². The predicted molar refractivity (Wildman–Crippen MR) is 105 cm³/mol. The molecule has 29 heavy (non-hydrogen) atoms. The molecular formula is C22H19N5O2. The predicted octanol–water partition coefficient (Wildman–Crippen LogP) is 3.53. The number of aromatic amines is 1. The van der Waals surface area contributed by atoms with E-state index in [1.807, 2.05) is 29.3 Å². The second-order valence-electron chi connectivity index (χ2n) is 8.00. The molecule has 0 bridgehead atoms. The normalized spacial score (nSPS) is 19.5. The van der Waals surface area contributed by atoms with Gasteiger partial charge in [-0.3, -0.25) is 9.78 Å². The summed E-state index contributed by atoms with van der Waals surface area (Å²) < 4.78 is 5.44. The Morgan fingerprint density at radius 2 is 2.03 bits per heavy atom. The molecular weight excluding hydrogens is 366 g/mol. The highest BCUT2D eigenvalue weighted by molar-refractivity contribution is 5.93. The number of oxazole rings is 1. The Balaban J connectivity index is 1.53. The van der Waals surface area contributed by atoms with Crippen LogP contribution in [-0.2, 0) is 5.41 Å². The number of carbonyl (C=O) groups excluding carboxylic acids is 1. The number of amides is 1. The van der Waals surface area contributed by atoms with Crippen molar-refractivity contribution in [2.45, 2.75) is 31.2 Å². The first-order valence-corrected chi connectivity index (χ1v) is 9.76. The van der Waals surface area contributed by atoms with E-state index >= 15 is 0 Å². The number of aryl methyl sites for hydroxylation is 1. The molecule has 1 saturated carbocycles. The molecule has 1 amide bonds. The van der Waals surface area contributed by atoms with Crippen molar-refractivity contribution in [3.8, 4) is 0 Å². The second-order valence-corrected chi connectivity index (χ2v) is 8.00.